The van der Waals surface area contributed by atoms with Gasteiger partial charge in [-0.05, 0) is 48.9 Å². The number of anilines is 1. The molecule has 0 radical (unpaired) electrons. The molecule has 0 spiro atoms. The number of benzene rings is 2. The highest BCUT2D eigenvalue weighted by molar-refractivity contribution is 6.31. The summed E-state index contributed by atoms with van der Waals surface area (Å²) in [5.41, 5.74) is 3.10. The third-order valence-electron chi connectivity index (χ3n) is 5.14. The third kappa shape index (κ3) is 5.70. The molecule has 5 nitrogen and oxygen atoms in total. The number of halogens is 1. The van der Waals surface area contributed by atoms with Crippen LogP contribution in [0.5, 0.6) is 5.75 Å². The predicted octanol–water partition coefficient (Wildman–Crippen LogP) is 0.579. The highest BCUT2D eigenvalue weighted by Gasteiger charge is 2.24. The summed E-state index contributed by atoms with van der Waals surface area (Å²) in [5, 5.41) is 3.63. The number of hydrogen-bond donors (Lipinski definition) is 3. The molecule has 2 aromatic rings. The van der Waals surface area contributed by atoms with Gasteiger partial charge in [0.05, 0.1) is 7.11 Å². The van der Waals surface area contributed by atoms with Crippen molar-refractivity contribution in [3.63, 3.8) is 0 Å². The van der Waals surface area contributed by atoms with Gasteiger partial charge in [-0.3, -0.25) is 4.79 Å². The Morgan fingerprint density at radius 1 is 1.07 bits per heavy atom. The van der Waals surface area contributed by atoms with Crippen LogP contribution in [0.25, 0.3) is 0 Å². The number of nitrogens with one attached hydrogen (secondary N) is 3. The lowest BCUT2D eigenvalue weighted by atomic mass is 10.2. The molecule has 6 heteroatoms. The minimum atomic E-state index is 0.0449. The molecule has 1 saturated heterocycles. The van der Waals surface area contributed by atoms with E-state index >= 15 is 0 Å². The second-order valence-corrected chi connectivity index (χ2v) is 7.62. The van der Waals surface area contributed by atoms with Gasteiger partial charge >= 0.3 is 0 Å². The second-order valence-electron chi connectivity index (χ2n) is 7.21. The average Bonchev–Trinajstić information content (AvgIpc) is 2.67. The van der Waals surface area contributed by atoms with Gasteiger partial charge in [0.1, 0.15) is 38.5 Å². The van der Waals surface area contributed by atoms with Gasteiger partial charge in [-0.1, -0.05) is 17.7 Å². The zero-order chi connectivity index (χ0) is 19.2. The number of methoxy groups -OCH3 is 1. The topological polar surface area (TPSA) is 47.2 Å². The van der Waals surface area contributed by atoms with Gasteiger partial charge < -0.3 is 19.9 Å². The summed E-state index contributed by atoms with van der Waals surface area (Å²) < 4.78 is 5.21. The standard InChI is InChI=1S/C21H26ClN3O2/c1-16-3-6-18(13-20(16)22)23-21(26)15-25-11-9-24(10-12-25)14-17-4-7-19(27-2)8-5-17/h3-8,13H,9-12,14-15H2,1-2H3,(H,23,26)/p+2. The van der Waals surface area contributed by atoms with E-state index in [9.17, 15) is 4.79 Å². The normalized spacial score (nSPS) is 19.5. The number of carbonyl (C=O) groups excluding carboxylic acids is 1. The van der Waals surface area contributed by atoms with Crippen LogP contribution in [0.4, 0.5) is 5.69 Å². The van der Waals surface area contributed by atoms with Gasteiger partial charge in [0.25, 0.3) is 5.91 Å². The summed E-state index contributed by atoms with van der Waals surface area (Å²) in [4.78, 5) is 15.2. The van der Waals surface area contributed by atoms with E-state index in [1.54, 1.807) is 18.1 Å². The first kappa shape index (κ1) is 19.7. The number of rotatable bonds is 6. The number of hydrogen-bond acceptors (Lipinski definition) is 2. The van der Waals surface area contributed by atoms with E-state index < -0.39 is 0 Å². The van der Waals surface area contributed by atoms with E-state index in [2.05, 4.69) is 17.4 Å². The molecule has 3 rings (SSSR count). The van der Waals surface area contributed by atoms with Gasteiger partial charge in [-0.2, -0.15) is 0 Å². The van der Waals surface area contributed by atoms with Crippen LogP contribution in [-0.4, -0.2) is 45.7 Å². The first-order valence-corrected chi connectivity index (χ1v) is 9.77. The highest BCUT2D eigenvalue weighted by atomic mass is 35.5. The molecule has 27 heavy (non-hydrogen) atoms. The van der Waals surface area contributed by atoms with Gasteiger partial charge in [0, 0.05) is 16.3 Å². The van der Waals surface area contributed by atoms with Crippen molar-refractivity contribution in [1.82, 2.24) is 0 Å². The largest absolute Gasteiger partial charge is 0.497 e. The maximum atomic E-state index is 12.3. The van der Waals surface area contributed by atoms with E-state index in [1.165, 1.54) is 10.5 Å². The fraction of sp³-hybridized carbons (Fsp3) is 0.381. The molecule has 0 aliphatic carbocycles. The zero-order valence-electron chi connectivity index (χ0n) is 16.0. The van der Waals surface area contributed by atoms with Crippen molar-refractivity contribution in [2.45, 2.75) is 13.5 Å². The van der Waals surface area contributed by atoms with Crippen molar-refractivity contribution >= 4 is 23.2 Å². The maximum absolute atomic E-state index is 12.3. The lowest BCUT2D eigenvalue weighted by Crippen LogP contribution is -3.28. The zero-order valence-corrected chi connectivity index (χ0v) is 16.7. The SMILES string of the molecule is COc1ccc(C[NH+]2CC[NH+](CC(=O)Nc3ccc(C)c(Cl)c3)CC2)cc1. The summed E-state index contributed by atoms with van der Waals surface area (Å²) in [6.45, 7) is 7.63. The maximum Gasteiger partial charge on any atom is 0.279 e. The number of quaternary nitrogens is 2. The van der Waals surface area contributed by atoms with Crippen molar-refractivity contribution in [2.24, 2.45) is 0 Å². The number of ether oxygens (including phenoxy) is 1. The Labute approximate surface area is 165 Å². The fourth-order valence-corrected chi connectivity index (χ4v) is 3.63. The monoisotopic (exact) mass is 389 g/mol. The van der Waals surface area contributed by atoms with Gasteiger partial charge in [0.2, 0.25) is 0 Å². The van der Waals surface area contributed by atoms with Crippen LogP contribution >= 0.6 is 11.6 Å². The Kier molecular flexibility index (Phi) is 6.72. The van der Waals surface area contributed by atoms with E-state index in [0.717, 1.165) is 49.7 Å². The summed E-state index contributed by atoms with van der Waals surface area (Å²) in [6.07, 6.45) is 0. The smallest absolute Gasteiger partial charge is 0.279 e. The Balaban J connectivity index is 1.43. The van der Waals surface area contributed by atoms with Crippen LogP contribution in [0, 0.1) is 6.92 Å². The van der Waals surface area contributed by atoms with Gasteiger partial charge in [-0.25, -0.2) is 0 Å². The van der Waals surface area contributed by atoms with E-state index in [0.29, 0.717) is 11.6 Å². The predicted molar refractivity (Wildman–Crippen MR) is 108 cm³/mol. The van der Waals surface area contributed by atoms with Crippen LogP contribution in [0.15, 0.2) is 42.5 Å². The molecule has 1 aliphatic heterocycles. The van der Waals surface area contributed by atoms with E-state index in [-0.39, 0.29) is 5.91 Å². The number of amides is 1. The van der Waals surface area contributed by atoms with Crippen molar-refractivity contribution in [2.75, 3.05) is 45.2 Å². The number of piperazine rings is 1. The van der Waals surface area contributed by atoms with Crippen molar-refractivity contribution in [3.05, 3.63) is 58.6 Å². The third-order valence-corrected chi connectivity index (χ3v) is 5.55. The number of aryl methyl sites for hydroxylation is 1. The molecule has 1 amide bonds. The molecular formula is C21H28ClN3O2+2. The van der Waals surface area contributed by atoms with E-state index in [1.807, 2.05) is 31.2 Å². The Bertz CT molecular complexity index is 771. The summed E-state index contributed by atoms with van der Waals surface area (Å²) >= 11 is 6.12. The molecule has 2 aromatic carbocycles. The van der Waals surface area contributed by atoms with Crippen LogP contribution in [0.1, 0.15) is 11.1 Å². The Hall–Kier alpha value is -2.08. The molecule has 1 fully saturated rings. The quantitative estimate of drug-likeness (QED) is 0.677. The van der Waals surface area contributed by atoms with Crippen LogP contribution in [-0.2, 0) is 11.3 Å². The molecular weight excluding hydrogens is 362 g/mol. The molecule has 0 aromatic heterocycles. The highest BCUT2D eigenvalue weighted by Crippen LogP contribution is 2.19. The van der Waals surface area contributed by atoms with Crippen molar-refractivity contribution < 1.29 is 19.3 Å². The molecule has 1 heterocycles. The lowest BCUT2D eigenvalue weighted by Gasteiger charge is -2.29. The van der Waals surface area contributed by atoms with Gasteiger partial charge in [-0.15, -0.1) is 0 Å². The molecule has 0 bridgehead atoms. The second kappa shape index (κ2) is 9.22. The molecule has 3 N–H and O–H groups in total. The van der Waals surface area contributed by atoms with Crippen molar-refractivity contribution in [1.29, 1.82) is 0 Å². The lowest BCUT2D eigenvalue weighted by molar-refractivity contribution is -1.02. The summed E-state index contributed by atoms with van der Waals surface area (Å²) in [6, 6.07) is 13.9. The first-order valence-electron chi connectivity index (χ1n) is 9.39. The summed E-state index contributed by atoms with van der Waals surface area (Å²) in [5.74, 6) is 0.937. The van der Waals surface area contributed by atoms with E-state index in [4.69, 9.17) is 16.3 Å². The first-order chi connectivity index (χ1) is 13.0. The number of carbonyl (C=O) groups is 1. The minimum absolute atomic E-state index is 0.0449. The molecule has 0 unspecified atom stereocenters. The van der Waals surface area contributed by atoms with Gasteiger partial charge in [0.15, 0.2) is 6.54 Å². The fourth-order valence-electron chi connectivity index (χ4n) is 3.45. The van der Waals surface area contributed by atoms with Crippen molar-refractivity contribution in [3.8, 4) is 5.75 Å². The molecule has 0 atom stereocenters. The Morgan fingerprint density at radius 2 is 1.74 bits per heavy atom. The van der Waals surface area contributed by atoms with Crippen LogP contribution < -0.4 is 19.9 Å². The minimum Gasteiger partial charge on any atom is -0.497 e. The Morgan fingerprint density at radius 3 is 2.37 bits per heavy atom. The molecule has 1 aliphatic rings. The molecule has 0 saturated carbocycles. The van der Waals surface area contributed by atoms with Crippen LogP contribution in [0.2, 0.25) is 5.02 Å². The molecule has 144 valence electrons. The average molecular weight is 390 g/mol. The van der Waals surface area contributed by atoms with Crippen LogP contribution in [0.3, 0.4) is 0 Å². The summed E-state index contributed by atoms with van der Waals surface area (Å²) in [7, 11) is 1.69.